The van der Waals surface area contributed by atoms with Crippen LogP contribution >= 0.6 is 15.9 Å². The number of nitrogens with one attached hydrogen (secondary N) is 1. The lowest BCUT2D eigenvalue weighted by molar-refractivity contribution is -0.120. The number of halogens is 1. The maximum Gasteiger partial charge on any atom is 0.238 e. The summed E-state index contributed by atoms with van der Waals surface area (Å²) in [6.45, 7) is 6.04. The molecule has 0 aromatic carbocycles. The van der Waals surface area contributed by atoms with Gasteiger partial charge in [0.05, 0.1) is 0 Å². The van der Waals surface area contributed by atoms with Crippen molar-refractivity contribution < 1.29 is 13.2 Å². The Balaban J connectivity index is 4.08. The Bertz CT molecular complexity index is 327. The van der Waals surface area contributed by atoms with Gasteiger partial charge in [-0.15, -0.1) is 0 Å². The van der Waals surface area contributed by atoms with Crippen molar-refractivity contribution in [3.05, 3.63) is 0 Å². The maximum atomic E-state index is 11.5. The minimum atomic E-state index is -3.30. The first kappa shape index (κ1) is 15.9. The second-order valence-electron chi connectivity index (χ2n) is 4.44. The first-order valence-electron chi connectivity index (χ1n) is 5.25. The van der Waals surface area contributed by atoms with Crippen molar-refractivity contribution in [2.45, 2.75) is 37.3 Å². The molecule has 2 unspecified atom stereocenters. The second-order valence-corrected chi connectivity index (χ2v) is 8.10. The van der Waals surface area contributed by atoms with Gasteiger partial charge in [-0.2, -0.15) is 0 Å². The molecule has 0 aromatic rings. The highest BCUT2D eigenvalue weighted by molar-refractivity contribution is 9.09. The van der Waals surface area contributed by atoms with Gasteiger partial charge in [0, 0.05) is 17.6 Å². The zero-order chi connectivity index (χ0) is 12.9. The molecule has 4 nitrogen and oxygen atoms in total. The lowest BCUT2D eigenvalue weighted by Gasteiger charge is -2.15. The van der Waals surface area contributed by atoms with E-state index in [9.17, 15) is 13.2 Å². The third kappa shape index (κ3) is 6.48. The van der Waals surface area contributed by atoms with Crippen molar-refractivity contribution in [2.75, 3.05) is 12.8 Å². The molecule has 0 aromatic heterocycles. The van der Waals surface area contributed by atoms with Gasteiger partial charge in [-0.25, -0.2) is 8.42 Å². The normalized spacial score (nSPS) is 15.9. The number of sulfone groups is 1. The summed E-state index contributed by atoms with van der Waals surface area (Å²) >= 11 is 3.44. The van der Waals surface area contributed by atoms with E-state index in [1.54, 1.807) is 0 Å². The number of amides is 1. The van der Waals surface area contributed by atoms with Crippen LogP contribution in [0, 0.1) is 5.92 Å². The van der Waals surface area contributed by atoms with Crippen LogP contribution in [-0.2, 0) is 14.6 Å². The summed E-state index contributed by atoms with van der Waals surface area (Å²) in [7, 11) is -3.30. The Morgan fingerprint density at radius 3 is 2.19 bits per heavy atom. The fourth-order valence-electron chi connectivity index (χ4n) is 1.14. The molecule has 16 heavy (non-hydrogen) atoms. The molecule has 2 atom stereocenters. The van der Waals surface area contributed by atoms with Gasteiger partial charge in [0.15, 0.2) is 9.84 Å². The quantitative estimate of drug-likeness (QED) is 0.753. The Hall–Kier alpha value is -0.100. The van der Waals surface area contributed by atoms with Crippen LogP contribution in [0.2, 0.25) is 0 Å². The van der Waals surface area contributed by atoms with E-state index in [-0.39, 0.29) is 4.83 Å². The molecule has 0 fully saturated rings. The van der Waals surface area contributed by atoms with Crippen molar-refractivity contribution >= 4 is 31.7 Å². The molecule has 0 bridgehead atoms. The van der Waals surface area contributed by atoms with Gasteiger partial charge in [-0.3, -0.25) is 4.79 Å². The first-order valence-corrected chi connectivity index (χ1v) is 8.12. The van der Waals surface area contributed by atoms with Crippen LogP contribution in [-0.4, -0.2) is 37.2 Å². The highest BCUT2D eigenvalue weighted by atomic mass is 79.9. The third-order valence-electron chi connectivity index (χ3n) is 2.24. The Labute approximate surface area is 106 Å². The monoisotopic (exact) mass is 313 g/mol. The summed E-state index contributed by atoms with van der Waals surface area (Å²) < 4.78 is 22.2. The molecule has 96 valence electrons. The molecular formula is C10H20BrNO3S. The van der Waals surface area contributed by atoms with Gasteiger partial charge in [0.2, 0.25) is 5.91 Å². The summed E-state index contributed by atoms with van der Waals surface area (Å²) in [5, 5.41) is 1.65. The van der Waals surface area contributed by atoms with E-state index in [0.29, 0.717) is 12.5 Å². The second kappa shape index (κ2) is 6.59. The van der Waals surface area contributed by atoms with E-state index in [2.05, 4.69) is 35.1 Å². The molecule has 1 N–H and O–H groups in total. The topological polar surface area (TPSA) is 63.2 Å². The molecule has 6 heteroatoms. The molecule has 0 aliphatic heterocycles. The van der Waals surface area contributed by atoms with Gasteiger partial charge >= 0.3 is 0 Å². The van der Waals surface area contributed by atoms with E-state index >= 15 is 0 Å². The fourth-order valence-corrected chi connectivity index (χ4v) is 2.53. The lowest BCUT2D eigenvalue weighted by Crippen LogP contribution is -2.40. The molecule has 1 amide bonds. The predicted octanol–water partition coefficient (Wildman–Crippen LogP) is 1.35. The van der Waals surface area contributed by atoms with E-state index in [1.165, 1.54) is 6.92 Å². The largest absolute Gasteiger partial charge is 0.354 e. The summed E-state index contributed by atoms with van der Waals surface area (Å²) in [5.74, 6) is 0.101. The zero-order valence-electron chi connectivity index (χ0n) is 10.2. The minimum Gasteiger partial charge on any atom is -0.354 e. The summed E-state index contributed by atoms with van der Waals surface area (Å²) in [5.41, 5.74) is 0. The van der Waals surface area contributed by atoms with Crippen LogP contribution in [0.5, 0.6) is 0 Å². The van der Waals surface area contributed by atoms with Crippen molar-refractivity contribution in [2.24, 2.45) is 5.92 Å². The van der Waals surface area contributed by atoms with Gasteiger partial charge in [-0.1, -0.05) is 29.8 Å². The summed E-state index contributed by atoms with van der Waals surface area (Å²) in [4.78, 5) is 11.7. The number of carbonyl (C=O) groups is 1. The van der Waals surface area contributed by atoms with Gasteiger partial charge in [0.1, 0.15) is 5.25 Å². The molecule has 0 aliphatic carbocycles. The van der Waals surface area contributed by atoms with Crippen molar-refractivity contribution in [3.8, 4) is 0 Å². The molecule has 0 saturated heterocycles. The molecule has 0 rings (SSSR count). The Morgan fingerprint density at radius 2 is 1.81 bits per heavy atom. The number of hydrogen-bond donors (Lipinski definition) is 1. The number of alkyl halides is 1. The zero-order valence-corrected chi connectivity index (χ0v) is 12.6. The Morgan fingerprint density at radius 1 is 1.31 bits per heavy atom. The lowest BCUT2D eigenvalue weighted by atomic mass is 10.1. The van der Waals surface area contributed by atoms with Crippen molar-refractivity contribution in [1.82, 2.24) is 5.32 Å². The van der Waals surface area contributed by atoms with Crippen LogP contribution in [0.1, 0.15) is 27.2 Å². The Kier molecular flexibility index (Phi) is 6.55. The summed E-state index contributed by atoms with van der Waals surface area (Å²) in [6, 6.07) is 0. The highest BCUT2D eigenvalue weighted by Crippen LogP contribution is 2.11. The summed E-state index contributed by atoms with van der Waals surface area (Å²) in [6.07, 6.45) is 2.00. The molecule has 0 heterocycles. The van der Waals surface area contributed by atoms with Crippen molar-refractivity contribution in [1.29, 1.82) is 0 Å². The van der Waals surface area contributed by atoms with E-state index in [0.717, 1.165) is 12.7 Å². The molecule has 0 saturated carbocycles. The van der Waals surface area contributed by atoms with Crippen molar-refractivity contribution in [3.63, 3.8) is 0 Å². The number of carbonyl (C=O) groups excluding carboxylic acids is 1. The van der Waals surface area contributed by atoms with Crippen LogP contribution in [0.3, 0.4) is 0 Å². The van der Waals surface area contributed by atoms with Crippen LogP contribution in [0.25, 0.3) is 0 Å². The maximum absolute atomic E-state index is 11.5. The fraction of sp³-hybridized carbons (Fsp3) is 0.900. The van der Waals surface area contributed by atoms with E-state index in [1.807, 2.05) is 0 Å². The molecule has 0 radical (unpaired) electrons. The standard InChI is InChI=1S/C10H20BrNO3S/c1-7(2)5-9(11)6-12-10(13)8(3)16(4,14)15/h7-9H,5-6H2,1-4H3,(H,12,13). The average molecular weight is 314 g/mol. The smallest absolute Gasteiger partial charge is 0.238 e. The SMILES string of the molecule is CC(C)CC(Br)CNC(=O)C(C)S(C)(=O)=O. The van der Waals surface area contributed by atoms with Gasteiger partial charge < -0.3 is 5.32 Å². The van der Waals surface area contributed by atoms with Crippen LogP contribution in [0.15, 0.2) is 0 Å². The van der Waals surface area contributed by atoms with Crippen LogP contribution < -0.4 is 5.32 Å². The van der Waals surface area contributed by atoms with Crippen LogP contribution in [0.4, 0.5) is 0 Å². The predicted molar refractivity (Wildman–Crippen MR) is 69.5 cm³/mol. The van der Waals surface area contributed by atoms with E-state index in [4.69, 9.17) is 0 Å². The average Bonchev–Trinajstić information content (AvgIpc) is 2.10. The third-order valence-corrected chi connectivity index (χ3v) is 4.43. The van der Waals surface area contributed by atoms with Gasteiger partial charge in [-0.05, 0) is 19.3 Å². The highest BCUT2D eigenvalue weighted by Gasteiger charge is 2.23. The van der Waals surface area contributed by atoms with E-state index < -0.39 is 21.0 Å². The number of hydrogen-bond acceptors (Lipinski definition) is 3. The minimum absolute atomic E-state index is 0.184. The van der Waals surface area contributed by atoms with Gasteiger partial charge in [0.25, 0.3) is 0 Å². The molecule has 0 aliphatic rings. The molecular weight excluding hydrogens is 294 g/mol. The first-order chi connectivity index (χ1) is 7.14. The number of rotatable bonds is 6. The molecule has 0 spiro atoms.